The van der Waals surface area contributed by atoms with Gasteiger partial charge in [0, 0.05) is 0 Å². The van der Waals surface area contributed by atoms with Gasteiger partial charge in [0.25, 0.3) is 0 Å². The minimum Gasteiger partial charge on any atom is -0.147 e. The zero-order valence-corrected chi connectivity index (χ0v) is 20.9. The quantitative estimate of drug-likeness (QED) is 0.685. The van der Waals surface area contributed by atoms with Gasteiger partial charge in [-0.2, -0.15) is 0 Å². The Hall–Kier alpha value is 0.0601. The topological polar surface area (TPSA) is 49.6 Å². The van der Waals surface area contributed by atoms with E-state index in [0.29, 0.717) is 0 Å². The Morgan fingerprint density at radius 3 is 2.27 bits per heavy atom. The Bertz CT molecular complexity index is 574. The predicted molar refractivity (Wildman–Crippen MR) is 115 cm³/mol. The molecule has 0 aliphatic carbocycles. The largest absolute Gasteiger partial charge is 0.147 e. The molecule has 26 heavy (non-hydrogen) atoms. The number of piperazine rings is 1. The zero-order chi connectivity index (χ0) is 17.1. The molecule has 146 valence electrons. The molecule has 4 nitrogen and oxygen atoms in total. The molecular formula is C19H32Cl2InN3O. The van der Waals surface area contributed by atoms with E-state index in [1.807, 2.05) is 0 Å². The van der Waals surface area contributed by atoms with E-state index in [9.17, 15) is 4.79 Å². The number of halogens is 2. The fraction of sp³-hybridized carbons (Fsp3) is 0.632. The first-order valence-electron chi connectivity index (χ1n) is 9.36. The van der Waals surface area contributed by atoms with Crippen molar-refractivity contribution in [3.8, 4) is 0 Å². The van der Waals surface area contributed by atoms with Crippen LogP contribution in [0.2, 0.25) is 7.85 Å². The molecule has 0 radical (unpaired) electrons. The molecule has 1 atom stereocenters. The van der Waals surface area contributed by atoms with E-state index < -0.39 is 21.7 Å². The van der Waals surface area contributed by atoms with E-state index in [1.54, 1.807) is 0 Å². The fourth-order valence-corrected chi connectivity index (χ4v) is 15.6. The summed E-state index contributed by atoms with van der Waals surface area (Å²) in [7, 11) is 0. The first-order valence-corrected chi connectivity index (χ1v) is 15.1. The molecule has 2 N–H and O–H groups in total. The van der Waals surface area contributed by atoms with Gasteiger partial charge in [-0.1, -0.05) is 0 Å². The standard InChI is InChI=1S/C13H19N2.C6H11NO.2ClH.In/c1-11-7-12(2)9-13(8-11)10-15-5-3-14-4-6-15;1-2-3-4-5-6(7)8;;;/h7-9H,3-6,10H2,1-2H3;5H,1-4H2,(H2,7,8);2*1H;/q-1;;;;+1. The van der Waals surface area contributed by atoms with Crippen LogP contribution in [0.3, 0.4) is 0 Å². The second-order valence-corrected chi connectivity index (χ2v) is 16.9. The second kappa shape index (κ2) is 11.2. The summed E-state index contributed by atoms with van der Waals surface area (Å²) in [5.41, 5.74) is 9.83. The van der Waals surface area contributed by atoms with Crippen LogP contribution in [0.1, 0.15) is 36.0 Å². The summed E-state index contributed by atoms with van der Waals surface area (Å²) in [6.45, 7) is 9.96. The van der Waals surface area contributed by atoms with Gasteiger partial charge in [0.1, 0.15) is 0 Å². The normalized spacial score (nSPS) is 21.6. The number of benzene rings is 1. The van der Waals surface area contributed by atoms with Gasteiger partial charge in [-0.25, -0.2) is 0 Å². The Morgan fingerprint density at radius 2 is 1.69 bits per heavy atom. The van der Waals surface area contributed by atoms with Crippen molar-refractivity contribution in [3.63, 3.8) is 0 Å². The smallest absolute Gasteiger partial charge is 0.147 e. The van der Waals surface area contributed by atoms with Crippen LogP contribution in [-0.2, 0) is 11.3 Å². The zero-order valence-electron chi connectivity index (χ0n) is 15.9. The molecule has 2 heterocycles. The third-order valence-electron chi connectivity index (χ3n) is 5.66. The summed E-state index contributed by atoms with van der Waals surface area (Å²) >= 11 is -1.97. The molecule has 0 aromatic heterocycles. The minimum absolute atomic E-state index is 0. The number of nitrogens with two attached hydrogens (primary N) is 1. The van der Waals surface area contributed by atoms with Crippen LogP contribution in [0, 0.1) is 13.8 Å². The first kappa shape index (κ1) is 24.1. The van der Waals surface area contributed by atoms with Crippen molar-refractivity contribution in [3.05, 3.63) is 34.9 Å². The summed E-state index contributed by atoms with van der Waals surface area (Å²) in [4.78, 5) is 14.4. The van der Waals surface area contributed by atoms with Crippen molar-refractivity contribution in [2.75, 3.05) is 26.2 Å². The number of nitrogens with zero attached hydrogens (tertiary/aromatic N) is 2. The van der Waals surface area contributed by atoms with Gasteiger partial charge in [-0.15, -0.1) is 24.8 Å². The van der Waals surface area contributed by atoms with E-state index in [4.69, 9.17) is 5.73 Å². The monoisotopic (exact) mass is 503 g/mol. The SMILES string of the molecule is Cc1cc(C)cc(CN2CC[N]([In]3[CH2]CCC[CH]3C(N)=O)CC2)c1.Cl.Cl. The van der Waals surface area contributed by atoms with Crippen LogP contribution in [0.15, 0.2) is 18.2 Å². The number of hydrogen-bond donors (Lipinski definition) is 1. The van der Waals surface area contributed by atoms with E-state index in [1.165, 1.54) is 33.7 Å². The number of amides is 1. The Kier molecular flexibility index (Phi) is 10.3. The number of aryl methyl sites for hydroxylation is 2. The van der Waals surface area contributed by atoms with Crippen LogP contribution in [-0.4, -0.2) is 61.6 Å². The maximum atomic E-state index is 11.8. The fourth-order valence-electron chi connectivity index (χ4n) is 4.55. The Labute approximate surface area is 178 Å². The van der Waals surface area contributed by atoms with E-state index in [0.717, 1.165) is 39.1 Å². The number of primary amides is 1. The molecule has 0 saturated carbocycles. The van der Waals surface area contributed by atoms with Gasteiger partial charge in [-0.3, -0.25) is 0 Å². The predicted octanol–water partition coefficient (Wildman–Crippen LogP) is 3.30. The number of hydrogen-bond acceptors (Lipinski definition) is 3. The molecule has 1 unspecified atom stereocenters. The van der Waals surface area contributed by atoms with Crippen molar-refractivity contribution in [2.24, 2.45) is 5.73 Å². The van der Waals surface area contributed by atoms with Crippen molar-refractivity contribution < 1.29 is 4.79 Å². The van der Waals surface area contributed by atoms with Crippen molar-refractivity contribution in [1.82, 2.24) is 7.79 Å². The molecule has 2 aliphatic rings. The van der Waals surface area contributed by atoms with Crippen LogP contribution in [0.25, 0.3) is 0 Å². The van der Waals surface area contributed by atoms with Crippen molar-refractivity contribution >= 4 is 52.4 Å². The maximum absolute atomic E-state index is 11.8. The van der Waals surface area contributed by atoms with Crippen LogP contribution < -0.4 is 5.73 Å². The molecule has 2 fully saturated rings. The molecule has 3 rings (SSSR count). The van der Waals surface area contributed by atoms with Gasteiger partial charge in [0.15, 0.2) is 0 Å². The molecule has 2 saturated heterocycles. The van der Waals surface area contributed by atoms with Crippen molar-refractivity contribution in [2.45, 2.75) is 47.5 Å². The summed E-state index contributed by atoms with van der Waals surface area (Å²) in [5, 5.41) is 0. The van der Waals surface area contributed by atoms with E-state index in [2.05, 4.69) is 39.8 Å². The number of rotatable bonds is 4. The molecule has 7 heteroatoms. The summed E-state index contributed by atoms with van der Waals surface area (Å²) < 4.78 is 4.34. The molecule has 1 aromatic carbocycles. The maximum Gasteiger partial charge on any atom is -0.147 e. The van der Waals surface area contributed by atoms with Crippen LogP contribution in [0.5, 0.6) is 0 Å². The third-order valence-corrected chi connectivity index (χ3v) is 17.2. The van der Waals surface area contributed by atoms with Gasteiger partial charge < -0.3 is 0 Å². The van der Waals surface area contributed by atoms with Crippen LogP contribution >= 0.6 is 24.8 Å². The second-order valence-electron chi connectivity index (χ2n) is 7.67. The molecule has 2 aliphatic heterocycles. The summed E-state index contributed by atoms with van der Waals surface area (Å²) in [5.74, 6) is -0.00633. The van der Waals surface area contributed by atoms with Gasteiger partial charge in [0.2, 0.25) is 0 Å². The first-order chi connectivity index (χ1) is 11.5. The summed E-state index contributed by atoms with van der Waals surface area (Å²) in [6.07, 6.45) is 3.60. The average molecular weight is 504 g/mol. The average Bonchev–Trinajstić information content (AvgIpc) is 2.54. The molecule has 0 spiro atoms. The van der Waals surface area contributed by atoms with Gasteiger partial charge in [-0.05, 0) is 0 Å². The molecule has 0 bridgehead atoms. The van der Waals surface area contributed by atoms with Crippen molar-refractivity contribution in [1.29, 1.82) is 0 Å². The van der Waals surface area contributed by atoms with E-state index in [-0.39, 0.29) is 34.4 Å². The van der Waals surface area contributed by atoms with Gasteiger partial charge >= 0.3 is 155 Å². The molecule has 1 amide bonds. The Morgan fingerprint density at radius 1 is 1.08 bits per heavy atom. The number of carbonyl (C=O) groups excluding carboxylic acids is 1. The van der Waals surface area contributed by atoms with Gasteiger partial charge in [0.05, 0.1) is 0 Å². The minimum atomic E-state index is -1.97. The van der Waals surface area contributed by atoms with E-state index >= 15 is 0 Å². The Balaban J connectivity index is 0.00000169. The number of carbonyl (C=O) groups is 1. The molecule has 1 aromatic rings. The summed E-state index contributed by atoms with van der Waals surface area (Å²) in [6, 6.07) is 6.86. The third kappa shape index (κ3) is 6.30. The molecular weight excluding hydrogens is 472 g/mol. The van der Waals surface area contributed by atoms with Crippen LogP contribution in [0.4, 0.5) is 0 Å².